The van der Waals surface area contributed by atoms with Crippen LogP contribution in [0.2, 0.25) is 0 Å². The Labute approximate surface area is 193 Å². The normalized spacial score (nSPS) is 45.6. The van der Waals surface area contributed by atoms with Crippen molar-refractivity contribution in [3.05, 3.63) is 12.2 Å². The van der Waals surface area contributed by atoms with E-state index in [1.54, 1.807) is 0 Å². The zero-order valence-electron chi connectivity index (χ0n) is 20.2. The molecule has 0 radical (unpaired) electrons. The van der Waals surface area contributed by atoms with Gasteiger partial charge in [-0.3, -0.25) is 9.69 Å². The van der Waals surface area contributed by atoms with Gasteiger partial charge >= 0.3 is 5.97 Å². The van der Waals surface area contributed by atoms with E-state index in [4.69, 9.17) is 9.47 Å². The third-order valence-electron chi connectivity index (χ3n) is 10.3. The number of fused-ring (bicyclic) bond motifs is 3. The number of hydrogen-bond acceptors (Lipinski definition) is 4. The molecule has 5 heteroatoms. The standard InChI is InChI=1S/C27H43NO4/c1-18-10-11-22-26(2,20(18)13-16-28-15-6-9-21(28)24(29)30)14-12-23-27(22,3)17-31-25(32-23)19-7-4-5-8-19/h19-23,25H,1,4-17H2,2-3H3,(H,29,30)/t20-,21-,22?,23-,25-,26+,27+/m1/s1. The van der Waals surface area contributed by atoms with Gasteiger partial charge in [0.1, 0.15) is 6.04 Å². The first-order chi connectivity index (χ1) is 15.3. The molecule has 0 aromatic carbocycles. The lowest BCUT2D eigenvalue weighted by Gasteiger charge is -2.63. The van der Waals surface area contributed by atoms with Gasteiger partial charge in [0.15, 0.2) is 6.29 Å². The molecule has 3 aliphatic carbocycles. The van der Waals surface area contributed by atoms with Gasteiger partial charge in [0.05, 0.1) is 12.7 Å². The smallest absolute Gasteiger partial charge is 0.320 e. The Balaban J connectivity index is 1.30. The SMILES string of the molecule is C=C1CCC2[C@]3(C)CO[C@@H](C4CCCC4)O[C@@H]3CC[C@@]2(C)[C@@H]1CCN1CCC[C@@H]1C(=O)O. The van der Waals surface area contributed by atoms with Gasteiger partial charge in [-0.2, -0.15) is 0 Å². The van der Waals surface area contributed by atoms with E-state index in [1.807, 2.05) is 0 Å². The number of allylic oxidation sites excluding steroid dienone is 1. The van der Waals surface area contributed by atoms with E-state index < -0.39 is 5.97 Å². The number of nitrogens with zero attached hydrogens (tertiary/aromatic N) is 1. The van der Waals surface area contributed by atoms with Crippen molar-refractivity contribution in [2.24, 2.45) is 28.6 Å². The van der Waals surface area contributed by atoms with E-state index in [-0.39, 0.29) is 23.2 Å². The van der Waals surface area contributed by atoms with Crippen LogP contribution in [-0.2, 0) is 14.3 Å². The largest absolute Gasteiger partial charge is 0.480 e. The fourth-order valence-electron chi connectivity index (χ4n) is 8.53. The first-order valence-electron chi connectivity index (χ1n) is 13.2. The molecular formula is C27H43NO4. The molecule has 0 amide bonds. The molecule has 1 unspecified atom stereocenters. The second-order valence-electron chi connectivity index (χ2n) is 12.0. The second kappa shape index (κ2) is 8.70. The van der Waals surface area contributed by atoms with Crippen LogP contribution in [-0.4, -0.2) is 54.1 Å². The molecule has 0 spiro atoms. The molecule has 3 saturated carbocycles. The van der Waals surface area contributed by atoms with Crippen molar-refractivity contribution in [2.45, 2.75) is 103 Å². The summed E-state index contributed by atoms with van der Waals surface area (Å²) in [5, 5.41) is 9.59. The predicted octanol–water partition coefficient (Wildman–Crippen LogP) is 5.25. The van der Waals surface area contributed by atoms with Crippen molar-refractivity contribution in [2.75, 3.05) is 19.7 Å². The van der Waals surface area contributed by atoms with Crippen LogP contribution in [0.4, 0.5) is 0 Å². The average Bonchev–Trinajstić information content (AvgIpc) is 3.45. The van der Waals surface area contributed by atoms with E-state index in [9.17, 15) is 9.90 Å². The van der Waals surface area contributed by atoms with Crippen molar-refractivity contribution in [1.29, 1.82) is 0 Å². The van der Waals surface area contributed by atoms with Crippen molar-refractivity contribution < 1.29 is 19.4 Å². The molecule has 0 bridgehead atoms. The van der Waals surface area contributed by atoms with E-state index >= 15 is 0 Å². The lowest BCUT2D eigenvalue weighted by atomic mass is 9.46. The van der Waals surface area contributed by atoms with Crippen LogP contribution in [0.3, 0.4) is 0 Å². The second-order valence-corrected chi connectivity index (χ2v) is 12.0. The predicted molar refractivity (Wildman–Crippen MR) is 124 cm³/mol. The molecule has 5 aliphatic rings. The molecule has 5 rings (SSSR count). The highest BCUT2D eigenvalue weighted by molar-refractivity contribution is 5.73. The van der Waals surface area contributed by atoms with E-state index in [1.165, 1.54) is 44.1 Å². The molecule has 2 aliphatic heterocycles. The number of hydrogen-bond donors (Lipinski definition) is 1. The van der Waals surface area contributed by atoms with Gasteiger partial charge in [-0.25, -0.2) is 0 Å². The average molecular weight is 446 g/mol. The molecule has 5 fully saturated rings. The number of rotatable bonds is 5. The van der Waals surface area contributed by atoms with Gasteiger partial charge in [0.25, 0.3) is 0 Å². The quantitative estimate of drug-likeness (QED) is 0.586. The minimum Gasteiger partial charge on any atom is -0.480 e. The van der Waals surface area contributed by atoms with Gasteiger partial charge in [-0.15, -0.1) is 0 Å². The summed E-state index contributed by atoms with van der Waals surface area (Å²) in [7, 11) is 0. The Morgan fingerprint density at radius 2 is 1.91 bits per heavy atom. The van der Waals surface area contributed by atoms with Crippen LogP contribution in [0.1, 0.15) is 84.5 Å². The Morgan fingerprint density at radius 3 is 2.66 bits per heavy atom. The zero-order chi connectivity index (χ0) is 22.5. The number of likely N-dealkylation sites (tertiary alicyclic amines) is 1. The highest BCUT2D eigenvalue weighted by Crippen LogP contribution is 2.63. The van der Waals surface area contributed by atoms with Gasteiger partial charge < -0.3 is 14.6 Å². The Kier molecular flexibility index (Phi) is 6.22. The summed E-state index contributed by atoms with van der Waals surface area (Å²) in [6.07, 6.45) is 12.8. The molecule has 0 aromatic heterocycles. The minimum absolute atomic E-state index is 0.0115. The van der Waals surface area contributed by atoms with Crippen molar-refractivity contribution in [3.8, 4) is 0 Å². The van der Waals surface area contributed by atoms with Crippen molar-refractivity contribution in [1.82, 2.24) is 4.90 Å². The number of ether oxygens (including phenoxy) is 2. The number of carbonyl (C=O) groups is 1. The Bertz CT molecular complexity index is 733. The number of carboxylic acid groups (broad SMARTS) is 1. The van der Waals surface area contributed by atoms with E-state index in [2.05, 4.69) is 25.3 Å². The third-order valence-corrected chi connectivity index (χ3v) is 10.3. The molecule has 7 atom stereocenters. The van der Waals surface area contributed by atoms with Crippen molar-refractivity contribution >= 4 is 5.97 Å². The van der Waals surface area contributed by atoms with Gasteiger partial charge in [0, 0.05) is 11.3 Å². The summed E-state index contributed by atoms with van der Waals surface area (Å²) in [6, 6.07) is -0.295. The molecule has 2 heterocycles. The van der Waals surface area contributed by atoms with Gasteiger partial charge in [0.2, 0.25) is 0 Å². The monoisotopic (exact) mass is 445 g/mol. The maximum Gasteiger partial charge on any atom is 0.320 e. The summed E-state index contributed by atoms with van der Waals surface area (Å²) < 4.78 is 13.2. The molecule has 2 saturated heterocycles. The van der Waals surface area contributed by atoms with Crippen LogP contribution in [0, 0.1) is 28.6 Å². The molecule has 0 aromatic rings. The molecular weight excluding hydrogens is 402 g/mol. The maximum absolute atomic E-state index is 11.7. The molecule has 32 heavy (non-hydrogen) atoms. The minimum atomic E-state index is -0.657. The lowest BCUT2D eigenvalue weighted by Crippen LogP contribution is -2.62. The highest BCUT2D eigenvalue weighted by Gasteiger charge is 2.60. The maximum atomic E-state index is 11.7. The first kappa shape index (κ1) is 22.9. The summed E-state index contributed by atoms with van der Waals surface area (Å²) in [4.78, 5) is 13.9. The van der Waals surface area contributed by atoms with Crippen LogP contribution >= 0.6 is 0 Å². The van der Waals surface area contributed by atoms with Crippen LogP contribution in [0.5, 0.6) is 0 Å². The topological polar surface area (TPSA) is 59.0 Å². The van der Waals surface area contributed by atoms with Gasteiger partial charge in [-0.05, 0) is 88.1 Å². The Hall–Kier alpha value is -0.910. The summed E-state index contributed by atoms with van der Waals surface area (Å²) in [6.45, 7) is 12.1. The van der Waals surface area contributed by atoms with E-state index in [0.717, 1.165) is 51.8 Å². The fraction of sp³-hybridized carbons (Fsp3) is 0.889. The lowest BCUT2D eigenvalue weighted by molar-refractivity contribution is -0.316. The fourth-order valence-corrected chi connectivity index (χ4v) is 8.53. The van der Waals surface area contributed by atoms with E-state index in [0.29, 0.717) is 23.9 Å². The molecule has 5 nitrogen and oxygen atoms in total. The molecule has 1 N–H and O–H groups in total. The summed E-state index contributed by atoms with van der Waals surface area (Å²) in [5.74, 6) is 0.967. The van der Waals surface area contributed by atoms with Crippen molar-refractivity contribution in [3.63, 3.8) is 0 Å². The molecule has 180 valence electrons. The van der Waals surface area contributed by atoms with Gasteiger partial charge in [-0.1, -0.05) is 38.8 Å². The number of aliphatic carboxylic acids is 1. The zero-order valence-corrected chi connectivity index (χ0v) is 20.2. The van der Waals surface area contributed by atoms with Crippen LogP contribution in [0.15, 0.2) is 12.2 Å². The number of carboxylic acids is 1. The van der Waals surface area contributed by atoms with Crippen LogP contribution < -0.4 is 0 Å². The summed E-state index contributed by atoms with van der Waals surface area (Å²) >= 11 is 0. The highest BCUT2D eigenvalue weighted by atomic mass is 16.7. The third kappa shape index (κ3) is 3.76. The first-order valence-corrected chi connectivity index (χ1v) is 13.2. The summed E-state index contributed by atoms with van der Waals surface area (Å²) in [5.41, 5.74) is 1.66. The Morgan fingerprint density at radius 1 is 1.12 bits per heavy atom. The van der Waals surface area contributed by atoms with Crippen LogP contribution in [0.25, 0.3) is 0 Å².